The summed E-state index contributed by atoms with van der Waals surface area (Å²) in [6.45, 7) is 0. The molecule has 1 rings (SSSR count). The highest BCUT2D eigenvalue weighted by molar-refractivity contribution is 6.00. The number of nitrogens with one attached hydrogen (secondary N) is 2. The summed E-state index contributed by atoms with van der Waals surface area (Å²) in [5, 5.41) is 4.83. The first-order valence-corrected chi connectivity index (χ1v) is 3.05. The molecular weight excluding hydrogens is 148 g/mol. The number of hydrogen-bond acceptors (Lipinski definition) is 3. The molecule has 5 nitrogen and oxygen atoms in total. The average Bonchev–Trinajstić information content (AvgIpc) is 1.85. The maximum absolute atomic E-state index is 10.7. The lowest BCUT2D eigenvalue weighted by Gasteiger charge is -2.15. The quantitative estimate of drug-likeness (QED) is 0.380. The molecule has 1 heterocycles. The summed E-state index contributed by atoms with van der Waals surface area (Å²) in [6, 6.07) is 0. The molecule has 1 saturated heterocycles. The van der Waals surface area contributed by atoms with E-state index in [0.717, 1.165) is 0 Å². The second kappa shape index (κ2) is 3.05. The van der Waals surface area contributed by atoms with Gasteiger partial charge < -0.3 is 15.4 Å². The topological polar surface area (TPSA) is 67.4 Å². The summed E-state index contributed by atoms with van der Waals surface area (Å²) in [5.41, 5.74) is 0. The third-order valence-electron chi connectivity index (χ3n) is 1.10. The van der Waals surface area contributed by atoms with Crippen molar-refractivity contribution in [3.8, 4) is 0 Å². The molecule has 0 bridgehead atoms. The number of carbonyl (C=O) groups is 2. The summed E-state index contributed by atoms with van der Waals surface area (Å²) in [6.07, 6.45) is 1.13. The van der Waals surface area contributed by atoms with Crippen molar-refractivity contribution in [1.29, 1.82) is 0 Å². The largest absolute Gasteiger partial charge is 0.501 e. The van der Waals surface area contributed by atoms with Crippen LogP contribution in [-0.4, -0.2) is 18.9 Å². The van der Waals surface area contributed by atoms with Gasteiger partial charge in [0.05, 0.1) is 7.11 Å². The van der Waals surface area contributed by atoms with Gasteiger partial charge in [-0.05, 0) is 0 Å². The molecule has 1 aliphatic heterocycles. The van der Waals surface area contributed by atoms with Crippen LogP contribution >= 0.6 is 0 Å². The molecule has 0 aromatic rings. The Morgan fingerprint density at radius 2 is 1.91 bits per heavy atom. The van der Waals surface area contributed by atoms with Crippen molar-refractivity contribution < 1.29 is 14.3 Å². The molecular formula is C6H8N2O3. The van der Waals surface area contributed by atoms with Crippen LogP contribution in [0.2, 0.25) is 0 Å². The van der Waals surface area contributed by atoms with Gasteiger partial charge in [-0.1, -0.05) is 0 Å². The van der Waals surface area contributed by atoms with Gasteiger partial charge >= 0.3 is 0 Å². The van der Waals surface area contributed by atoms with Crippen molar-refractivity contribution in [3.63, 3.8) is 0 Å². The second-order valence-electron chi connectivity index (χ2n) is 2.04. The molecule has 2 N–H and O–H groups in total. The van der Waals surface area contributed by atoms with Crippen LogP contribution in [0.15, 0.2) is 12.1 Å². The Balaban J connectivity index is 2.63. The van der Waals surface area contributed by atoms with Crippen LogP contribution in [0.5, 0.6) is 0 Å². The third kappa shape index (κ3) is 1.96. The van der Waals surface area contributed by atoms with Crippen LogP contribution in [0.1, 0.15) is 6.42 Å². The van der Waals surface area contributed by atoms with Gasteiger partial charge in [-0.3, -0.25) is 9.59 Å². The SMILES string of the molecule is COC=C1NC(=O)CC(=O)N1. The Morgan fingerprint density at radius 1 is 1.36 bits per heavy atom. The van der Waals surface area contributed by atoms with Crippen LogP contribution < -0.4 is 10.6 Å². The van der Waals surface area contributed by atoms with Crippen LogP contribution in [0.3, 0.4) is 0 Å². The van der Waals surface area contributed by atoms with Gasteiger partial charge in [-0.2, -0.15) is 0 Å². The van der Waals surface area contributed by atoms with Gasteiger partial charge in [0.1, 0.15) is 18.5 Å². The molecule has 0 unspecified atom stereocenters. The molecule has 0 radical (unpaired) electrons. The fraction of sp³-hybridized carbons (Fsp3) is 0.333. The summed E-state index contributed by atoms with van der Waals surface area (Å²) in [5.74, 6) is -0.358. The fourth-order valence-electron chi connectivity index (χ4n) is 0.743. The zero-order valence-corrected chi connectivity index (χ0v) is 6.01. The fourth-order valence-corrected chi connectivity index (χ4v) is 0.743. The van der Waals surface area contributed by atoms with Crippen LogP contribution in [0.25, 0.3) is 0 Å². The zero-order valence-electron chi connectivity index (χ0n) is 6.01. The number of carbonyl (C=O) groups excluding carboxylic acids is 2. The third-order valence-corrected chi connectivity index (χ3v) is 1.10. The number of methoxy groups -OCH3 is 1. The smallest absolute Gasteiger partial charge is 0.235 e. The zero-order chi connectivity index (χ0) is 8.27. The summed E-state index contributed by atoms with van der Waals surface area (Å²) < 4.78 is 4.59. The Labute approximate surface area is 63.4 Å². The van der Waals surface area contributed by atoms with Crippen molar-refractivity contribution in [1.82, 2.24) is 10.6 Å². The predicted octanol–water partition coefficient (Wildman–Crippen LogP) is -0.932. The molecule has 1 fully saturated rings. The molecule has 0 spiro atoms. The highest BCUT2D eigenvalue weighted by atomic mass is 16.5. The molecule has 0 aliphatic carbocycles. The summed E-state index contributed by atoms with van der Waals surface area (Å²) in [7, 11) is 1.43. The predicted molar refractivity (Wildman–Crippen MR) is 36.0 cm³/mol. The summed E-state index contributed by atoms with van der Waals surface area (Å²) >= 11 is 0. The molecule has 5 heteroatoms. The standard InChI is InChI=1S/C6H8N2O3/c1-11-3-4-7-5(9)2-6(10)8-4/h3H,2H2,1H3,(H,7,9)(H,8,10). The van der Waals surface area contributed by atoms with Crippen LogP contribution in [0.4, 0.5) is 0 Å². The first-order valence-electron chi connectivity index (χ1n) is 3.05. The van der Waals surface area contributed by atoms with E-state index in [4.69, 9.17) is 0 Å². The van der Waals surface area contributed by atoms with Crippen molar-refractivity contribution in [2.75, 3.05) is 7.11 Å². The van der Waals surface area contributed by atoms with Crippen molar-refractivity contribution in [3.05, 3.63) is 12.1 Å². The minimum Gasteiger partial charge on any atom is -0.501 e. The minimum atomic E-state index is -0.322. The molecule has 0 aromatic carbocycles. The van der Waals surface area contributed by atoms with Gasteiger partial charge in [-0.15, -0.1) is 0 Å². The molecule has 2 amide bonds. The first kappa shape index (κ1) is 7.59. The van der Waals surface area contributed by atoms with E-state index in [1.807, 2.05) is 0 Å². The molecule has 1 aliphatic rings. The monoisotopic (exact) mass is 156 g/mol. The summed E-state index contributed by atoms with van der Waals surface area (Å²) in [4.78, 5) is 21.4. The molecule has 0 atom stereocenters. The van der Waals surface area contributed by atoms with Crippen molar-refractivity contribution in [2.45, 2.75) is 6.42 Å². The van der Waals surface area contributed by atoms with E-state index in [0.29, 0.717) is 0 Å². The number of rotatable bonds is 1. The van der Waals surface area contributed by atoms with Gasteiger partial charge in [0, 0.05) is 0 Å². The van der Waals surface area contributed by atoms with E-state index < -0.39 is 0 Å². The minimum absolute atomic E-state index is 0.124. The first-order chi connectivity index (χ1) is 5.22. The van der Waals surface area contributed by atoms with Gasteiger partial charge in [0.25, 0.3) is 0 Å². The van der Waals surface area contributed by atoms with Crippen LogP contribution in [0, 0.1) is 0 Å². The van der Waals surface area contributed by atoms with Gasteiger partial charge in [0.15, 0.2) is 0 Å². The van der Waals surface area contributed by atoms with E-state index in [9.17, 15) is 9.59 Å². The number of hydrogen-bond donors (Lipinski definition) is 2. The van der Waals surface area contributed by atoms with Gasteiger partial charge in [-0.25, -0.2) is 0 Å². The lowest BCUT2D eigenvalue weighted by molar-refractivity contribution is -0.130. The average molecular weight is 156 g/mol. The van der Waals surface area contributed by atoms with Crippen LogP contribution in [-0.2, 0) is 14.3 Å². The Bertz CT molecular complexity index is 204. The van der Waals surface area contributed by atoms with E-state index in [2.05, 4.69) is 15.4 Å². The second-order valence-corrected chi connectivity index (χ2v) is 2.04. The molecule has 0 saturated carbocycles. The Kier molecular flexibility index (Phi) is 2.10. The highest BCUT2D eigenvalue weighted by Crippen LogP contribution is 1.94. The highest BCUT2D eigenvalue weighted by Gasteiger charge is 2.18. The molecule has 11 heavy (non-hydrogen) atoms. The van der Waals surface area contributed by atoms with E-state index in [1.54, 1.807) is 0 Å². The molecule has 0 aromatic heterocycles. The Morgan fingerprint density at radius 3 is 2.36 bits per heavy atom. The lowest BCUT2D eigenvalue weighted by Crippen LogP contribution is -2.43. The number of ether oxygens (including phenoxy) is 1. The van der Waals surface area contributed by atoms with Crippen molar-refractivity contribution in [2.24, 2.45) is 0 Å². The maximum Gasteiger partial charge on any atom is 0.235 e. The number of amides is 2. The van der Waals surface area contributed by atoms with Gasteiger partial charge in [0.2, 0.25) is 11.8 Å². The van der Waals surface area contributed by atoms with Crippen molar-refractivity contribution >= 4 is 11.8 Å². The lowest BCUT2D eigenvalue weighted by atomic mass is 10.3. The van der Waals surface area contributed by atoms with E-state index in [1.165, 1.54) is 13.4 Å². The van der Waals surface area contributed by atoms with E-state index >= 15 is 0 Å². The molecule has 60 valence electrons. The van der Waals surface area contributed by atoms with E-state index in [-0.39, 0.29) is 24.1 Å². The Hall–Kier alpha value is -1.52. The normalized spacial score (nSPS) is 17.0. The maximum atomic E-state index is 10.7.